The summed E-state index contributed by atoms with van der Waals surface area (Å²) in [5.74, 6) is -2.38. The third-order valence-electron chi connectivity index (χ3n) is 5.57. The summed E-state index contributed by atoms with van der Waals surface area (Å²) < 4.78 is 13.1. The number of nitrogens with one attached hydrogen (secondary N) is 1. The molecular weight excluding hydrogens is 456 g/mol. The molecule has 1 aliphatic heterocycles. The molecule has 1 saturated heterocycles. The number of nitrogens with two attached hydrogens (primary N) is 1. The number of primary amides is 1. The van der Waals surface area contributed by atoms with Gasteiger partial charge >= 0.3 is 0 Å². The van der Waals surface area contributed by atoms with E-state index in [1.165, 1.54) is 18.2 Å². The summed E-state index contributed by atoms with van der Waals surface area (Å²) in [6, 6.07) is 10.5. The predicted molar refractivity (Wildman–Crippen MR) is 121 cm³/mol. The monoisotopic (exact) mass is 479 g/mol. The summed E-state index contributed by atoms with van der Waals surface area (Å²) in [5, 5.41) is 3.45. The maximum absolute atomic E-state index is 13.1. The molecule has 2 unspecified atom stereocenters. The summed E-state index contributed by atoms with van der Waals surface area (Å²) in [7, 11) is 0. The first kappa shape index (κ1) is 24.0. The van der Waals surface area contributed by atoms with E-state index in [0.717, 1.165) is 5.56 Å². The van der Waals surface area contributed by atoms with Gasteiger partial charge in [-0.3, -0.25) is 14.4 Å². The summed E-state index contributed by atoms with van der Waals surface area (Å²) in [6.07, 6.45) is 1.61. The van der Waals surface area contributed by atoms with E-state index in [1.807, 2.05) is 0 Å². The van der Waals surface area contributed by atoms with Gasteiger partial charge in [0.2, 0.25) is 11.8 Å². The van der Waals surface area contributed by atoms with Crippen molar-refractivity contribution in [1.29, 1.82) is 0 Å². The van der Waals surface area contributed by atoms with Crippen molar-refractivity contribution in [3.63, 3.8) is 0 Å². The molecular formula is C23H24Cl2FN3O3. The van der Waals surface area contributed by atoms with Crippen molar-refractivity contribution in [2.45, 2.75) is 19.3 Å². The van der Waals surface area contributed by atoms with E-state index in [0.29, 0.717) is 41.4 Å². The van der Waals surface area contributed by atoms with Crippen LogP contribution in [0.4, 0.5) is 4.39 Å². The van der Waals surface area contributed by atoms with Gasteiger partial charge in [0.15, 0.2) is 0 Å². The largest absolute Gasteiger partial charge is 0.369 e. The fraction of sp³-hybridized carbons (Fsp3) is 0.348. The van der Waals surface area contributed by atoms with E-state index in [2.05, 4.69) is 5.32 Å². The first-order chi connectivity index (χ1) is 15.2. The Hall–Kier alpha value is -2.64. The number of halogens is 3. The molecule has 1 heterocycles. The SMILES string of the molecule is NC(=O)C(CNC(=O)C1CCCN(C(=O)c2ccc(Cl)c(Cl)c2)C1)Cc1ccc(F)cc1. The van der Waals surface area contributed by atoms with Crippen molar-refractivity contribution in [2.24, 2.45) is 17.6 Å². The lowest BCUT2D eigenvalue weighted by molar-refractivity contribution is -0.127. The fourth-order valence-corrected chi connectivity index (χ4v) is 4.03. The zero-order chi connectivity index (χ0) is 23.3. The van der Waals surface area contributed by atoms with Gasteiger partial charge in [0.05, 0.1) is 21.9 Å². The van der Waals surface area contributed by atoms with Crippen molar-refractivity contribution in [3.8, 4) is 0 Å². The normalized spacial score (nSPS) is 17.0. The third kappa shape index (κ3) is 6.20. The molecule has 0 spiro atoms. The number of amides is 3. The van der Waals surface area contributed by atoms with Gasteiger partial charge in [-0.15, -0.1) is 0 Å². The molecule has 0 aromatic heterocycles. The molecule has 3 amide bonds. The predicted octanol–water partition coefficient (Wildman–Crippen LogP) is 3.45. The van der Waals surface area contributed by atoms with Crippen LogP contribution in [0.5, 0.6) is 0 Å². The molecule has 1 fully saturated rings. The zero-order valence-electron chi connectivity index (χ0n) is 17.3. The van der Waals surface area contributed by atoms with Gasteiger partial charge in [0.1, 0.15) is 5.82 Å². The minimum atomic E-state index is -0.623. The maximum Gasteiger partial charge on any atom is 0.253 e. The molecule has 32 heavy (non-hydrogen) atoms. The van der Waals surface area contributed by atoms with Crippen LogP contribution in [0.1, 0.15) is 28.8 Å². The van der Waals surface area contributed by atoms with E-state index in [4.69, 9.17) is 28.9 Å². The number of hydrogen-bond acceptors (Lipinski definition) is 3. The molecule has 2 aromatic rings. The standard InChI is InChI=1S/C23H24Cl2FN3O3/c24-19-8-5-15(11-20(19)25)23(32)29-9-1-2-16(13-29)22(31)28-12-17(21(27)30)10-14-3-6-18(26)7-4-14/h3-8,11,16-17H,1-2,9-10,12-13H2,(H2,27,30)(H,28,31). The molecule has 0 bridgehead atoms. The average Bonchev–Trinajstić information content (AvgIpc) is 2.79. The van der Waals surface area contributed by atoms with Crippen molar-refractivity contribution >= 4 is 40.9 Å². The first-order valence-corrected chi connectivity index (χ1v) is 11.1. The molecule has 2 atom stereocenters. The number of hydrogen-bond donors (Lipinski definition) is 2. The van der Waals surface area contributed by atoms with Gasteiger partial charge in [0.25, 0.3) is 5.91 Å². The average molecular weight is 480 g/mol. The molecule has 0 saturated carbocycles. The Balaban J connectivity index is 1.57. The second-order valence-corrected chi connectivity index (χ2v) is 8.71. The van der Waals surface area contributed by atoms with Crippen LogP contribution in [0.15, 0.2) is 42.5 Å². The van der Waals surface area contributed by atoms with E-state index in [1.54, 1.807) is 29.2 Å². The van der Waals surface area contributed by atoms with E-state index in [9.17, 15) is 18.8 Å². The van der Waals surface area contributed by atoms with Crippen molar-refractivity contribution < 1.29 is 18.8 Å². The molecule has 9 heteroatoms. The Morgan fingerprint density at radius 2 is 1.84 bits per heavy atom. The van der Waals surface area contributed by atoms with Gasteiger partial charge in [-0.2, -0.15) is 0 Å². The van der Waals surface area contributed by atoms with Crippen LogP contribution in [0.25, 0.3) is 0 Å². The highest BCUT2D eigenvalue weighted by Crippen LogP contribution is 2.25. The maximum atomic E-state index is 13.1. The van der Waals surface area contributed by atoms with Crippen molar-refractivity contribution in [1.82, 2.24) is 10.2 Å². The van der Waals surface area contributed by atoms with Gasteiger partial charge in [-0.05, 0) is 55.2 Å². The van der Waals surface area contributed by atoms with Crippen LogP contribution in [-0.2, 0) is 16.0 Å². The Morgan fingerprint density at radius 1 is 1.12 bits per heavy atom. The number of benzene rings is 2. The molecule has 0 radical (unpaired) electrons. The number of rotatable bonds is 7. The third-order valence-corrected chi connectivity index (χ3v) is 6.31. The van der Waals surface area contributed by atoms with Crippen LogP contribution in [0.3, 0.4) is 0 Å². The lowest BCUT2D eigenvalue weighted by atomic mass is 9.95. The van der Waals surface area contributed by atoms with Gasteiger partial charge in [0, 0.05) is 25.2 Å². The lowest BCUT2D eigenvalue weighted by Gasteiger charge is -2.32. The number of nitrogens with zero attached hydrogens (tertiary/aromatic N) is 1. The van der Waals surface area contributed by atoms with Gasteiger partial charge in [-0.25, -0.2) is 4.39 Å². The molecule has 1 aliphatic rings. The molecule has 6 nitrogen and oxygen atoms in total. The highest BCUT2D eigenvalue weighted by Gasteiger charge is 2.30. The number of piperidine rings is 1. The van der Waals surface area contributed by atoms with Crippen LogP contribution in [0, 0.1) is 17.7 Å². The second-order valence-electron chi connectivity index (χ2n) is 7.89. The Kier molecular flexibility index (Phi) is 8.10. The van der Waals surface area contributed by atoms with Crippen LogP contribution in [0.2, 0.25) is 10.0 Å². The number of carbonyl (C=O) groups excluding carboxylic acids is 3. The highest BCUT2D eigenvalue weighted by atomic mass is 35.5. The summed E-state index contributed by atoms with van der Waals surface area (Å²) >= 11 is 11.9. The summed E-state index contributed by atoms with van der Waals surface area (Å²) in [5.41, 5.74) is 6.65. The Labute approximate surface area is 195 Å². The Morgan fingerprint density at radius 3 is 2.50 bits per heavy atom. The van der Waals surface area contributed by atoms with E-state index in [-0.39, 0.29) is 30.7 Å². The molecule has 3 rings (SSSR count). The van der Waals surface area contributed by atoms with Crippen LogP contribution < -0.4 is 11.1 Å². The second kappa shape index (κ2) is 10.8. The quantitative estimate of drug-likeness (QED) is 0.636. The van der Waals surface area contributed by atoms with E-state index < -0.39 is 17.7 Å². The zero-order valence-corrected chi connectivity index (χ0v) is 18.8. The van der Waals surface area contributed by atoms with Crippen LogP contribution >= 0.6 is 23.2 Å². The summed E-state index contributed by atoms with van der Waals surface area (Å²) in [6.45, 7) is 0.879. The molecule has 170 valence electrons. The highest BCUT2D eigenvalue weighted by molar-refractivity contribution is 6.42. The molecule has 2 aromatic carbocycles. The molecule has 3 N–H and O–H groups in total. The topological polar surface area (TPSA) is 92.5 Å². The Bertz CT molecular complexity index is 1000. The lowest BCUT2D eigenvalue weighted by Crippen LogP contribution is -2.47. The van der Waals surface area contributed by atoms with Gasteiger partial charge < -0.3 is 16.0 Å². The number of carbonyl (C=O) groups is 3. The minimum Gasteiger partial charge on any atom is -0.369 e. The minimum absolute atomic E-state index is 0.0722. The van der Waals surface area contributed by atoms with Gasteiger partial charge in [-0.1, -0.05) is 35.3 Å². The fourth-order valence-electron chi connectivity index (χ4n) is 3.73. The smallest absolute Gasteiger partial charge is 0.253 e. The van der Waals surface area contributed by atoms with Crippen molar-refractivity contribution in [2.75, 3.05) is 19.6 Å². The molecule has 0 aliphatic carbocycles. The number of likely N-dealkylation sites (tertiary alicyclic amines) is 1. The first-order valence-electron chi connectivity index (χ1n) is 10.3. The van der Waals surface area contributed by atoms with Crippen molar-refractivity contribution in [3.05, 3.63) is 69.5 Å². The van der Waals surface area contributed by atoms with E-state index >= 15 is 0 Å². The van der Waals surface area contributed by atoms with Crippen LogP contribution in [-0.4, -0.2) is 42.3 Å². The summed E-state index contributed by atoms with van der Waals surface area (Å²) in [4.78, 5) is 39.0.